The molecule has 33 heavy (non-hydrogen) atoms. The fourth-order valence-corrected chi connectivity index (χ4v) is 4.43. The number of non-ortho nitro benzene ring substituents is 1. The van der Waals surface area contributed by atoms with Gasteiger partial charge in [0.2, 0.25) is 0 Å². The van der Waals surface area contributed by atoms with Gasteiger partial charge in [0.1, 0.15) is 5.75 Å². The monoisotopic (exact) mass is 487 g/mol. The van der Waals surface area contributed by atoms with E-state index in [1.165, 1.54) is 42.7 Å². The average Bonchev–Trinajstić information content (AvgIpc) is 3.22. The van der Waals surface area contributed by atoms with Crippen LogP contribution in [0.25, 0.3) is 0 Å². The summed E-state index contributed by atoms with van der Waals surface area (Å²) in [6.07, 6.45) is 0. The Morgan fingerprint density at radius 2 is 1.91 bits per heavy atom. The van der Waals surface area contributed by atoms with Crippen LogP contribution in [0.3, 0.4) is 0 Å². The highest BCUT2D eigenvalue weighted by atomic mass is 32.2. The van der Waals surface area contributed by atoms with Crippen LogP contribution in [0.2, 0.25) is 0 Å². The van der Waals surface area contributed by atoms with Crippen molar-refractivity contribution in [2.45, 2.75) is 16.2 Å². The molecule has 12 heteroatoms. The van der Waals surface area contributed by atoms with Gasteiger partial charge in [-0.05, 0) is 37.3 Å². The van der Waals surface area contributed by atoms with Crippen LogP contribution in [0, 0.1) is 17.0 Å². The van der Waals surface area contributed by atoms with E-state index >= 15 is 0 Å². The van der Waals surface area contributed by atoms with E-state index in [-0.39, 0.29) is 16.8 Å². The highest BCUT2D eigenvalue weighted by Gasteiger charge is 2.21. The van der Waals surface area contributed by atoms with Crippen molar-refractivity contribution in [1.29, 1.82) is 0 Å². The Morgan fingerprint density at radius 3 is 2.52 bits per heavy atom. The molecule has 0 aliphatic heterocycles. The molecule has 0 saturated carbocycles. The zero-order valence-corrected chi connectivity index (χ0v) is 19.0. The number of hydrogen-bond donors (Lipinski definition) is 1. The number of methoxy groups -OCH3 is 1. The van der Waals surface area contributed by atoms with E-state index in [0.717, 1.165) is 23.5 Å². The first-order chi connectivity index (χ1) is 15.8. The summed E-state index contributed by atoms with van der Waals surface area (Å²) in [5, 5.41) is 15.1. The molecule has 1 N–H and O–H groups in total. The first-order valence-corrected chi connectivity index (χ1v) is 11.0. The summed E-state index contributed by atoms with van der Waals surface area (Å²) in [5.74, 6) is -1.92. The van der Waals surface area contributed by atoms with Crippen molar-refractivity contribution < 1.29 is 28.8 Å². The van der Waals surface area contributed by atoms with E-state index in [2.05, 4.69) is 10.3 Å². The quantitative estimate of drug-likeness (QED) is 0.287. The summed E-state index contributed by atoms with van der Waals surface area (Å²) in [7, 11) is 1.48. The number of nitrogens with zero attached hydrogens (tertiary/aromatic N) is 2. The number of nitrogens with one attached hydrogen (secondary N) is 1. The third kappa shape index (κ3) is 6.37. The van der Waals surface area contributed by atoms with Gasteiger partial charge in [0, 0.05) is 33.7 Å². The minimum atomic E-state index is -0.943. The maximum atomic E-state index is 12.6. The Morgan fingerprint density at radius 1 is 1.18 bits per heavy atom. The molecule has 3 aromatic rings. The lowest BCUT2D eigenvalue weighted by Gasteiger charge is -2.09. The number of hydrogen-bond acceptors (Lipinski definition) is 10. The van der Waals surface area contributed by atoms with Gasteiger partial charge in [-0.15, -0.1) is 11.3 Å². The van der Waals surface area contributed by atoms with Gasteiger partial charge in [-0.2, -0.15) is 0 Å². The molecule has 10 nitrogen and oxygen atoms in total. The molecule has 0 unspecified atom stereocenters. The number of nitro groups is 1. The minimum absolute atomic E-state index is 0.0867. The van der Waals surface area contributed by atoms with E-state index in [4.69, 9.17) is 9.47 Å². The van der Waals surface area contributed by atoms with Crippen LogP contribution in [0.5, 0.6) is 5.75 Å². The molecule has 0 atom stereocenters. The number of carbonyl (C=O) groups excluding carboxylic acids is 3. The van der Waals surface area contributed by atoms with Crippen LogP contribution >= 0.6 is 23.1 Å². The zero-order chi connectivity index (χ0) is 24.0. The Kier molecular flexibility index (Phi) is 7.74. The number of amides is 2. The first kappa shape index (κ1) is 23.9. The largest absolute Gasteiger partial charge is 0.497 e. The number of aryl methyl sites for hydroxylation is 1. The van der Waals surface area contributed by atoms with Crippen LogP contribution in [-0.2, 0) is 9.53 Å². The van der Waals surface area contributed by atoms with Gasteiger partial charge in [-0.25, -0.2) is 9.78 Å². The lowest BCUT2D eigenvalue weighted by Crippen LogP contribution is -2.34. The van der Waals surface area contributed by atoms with Crippen molar-refractivity contribution in [2.75, 3.05) is 13.7 Å². The highest BCUT2D eigenvalue weighted by Crippen LogP contribution is 2.34. The predicted octanol–water partition coefficient (Wildman–Crippen LogP) is 3.63. The summed E-state index contributed by atoms with van der Waals surface area (Å²) >= 11 is 2.50. The Hall–Kier alpha value is -3.77. The van der Waals surface area contributed by atoms with Crippen molar-refractivity contribution in [3.63, 3.8) is 0 Å². The standard InChI is InChI=1S/C21H17N3O7S2/c1-12-11-32-21(22-12)33-17-8-5-14(24(28)29)9-16(17)20(27)31-10-18(25)23-19(26)13-3-6-15(30-2)7-4-13/h3-9,11H,10H2,1-2H3,(H,23,25,26). The van der Waals surface area contributed by atoms with Crippen molar-refractivity contribution in [3.8, 4) is 5.75 Å². The van der Waals surface area contributed by atoms with E-state index in [0.29, 0.717) is 15.0 Å². The number of carbonyl (C=O) groups is 3. The number of thiazole rings is 1. The van der Waals surface area contributed by atoms with Gasteiger partial charge in [-0.3, -0.25) is 25.0 Å². The maximum Gasteiger partial charge on any atom is 0.340 e. The topological polar surface area (TPSA) is 138 Å². The molecule has 1 heterocycles. The van der Waals surface area contributed by atoms with Crippen molar-refractivity contribution in [2.24, 2.45) is 0 Å². The van der Waals surface area contributed by atoms with E-state index < -0.39 is 29.3 Å². The number of benzene rings is 2. The molecule has 0 spiro atoms. The summed E-state index contributed by atoms with van der Waals surface area (Å²) in [4.78, 5) is 52.0. The second kappa shape index (κ2) is 10.7. The molecular weight excluding hydrogens is 470 g/mol. The van der Waals surface area contributed by atoms with Gasteiger partial charge >= 0.3 is 5.97 Å². The molecule has 0 aliphatic rings. The fourth-order valence-electron chi connectivity index (χ4n) is 2.54. The molecule has 170 valence electrons. The molecule has 2 aromatic carbocycles. The molecule has 0 fully saturated rings. The summed E-state index contributed by atoms with van der Waals surface area (Å²) < 4.78 is 10.6. The van der Waals surface area contributed by atoms with Crippen LogP contribution in [0.4, 0.5) is 5.69 Å². The Labute approximate surface area is 196 Å². The lowest BCUT2D eigenvalue weighted by atomic mass is 10.2. The fraction of sp³-hybridized carbons (Fsp3) is 0.143. The van der Waals surface area contributed by atoms with Crippen LogP contribution < -0.4 is 10.1 Å². The number of ether oxygens (including phenoxy) is 2. The van der Waals surface area contributed by atoms with Gasteiger partial charge in [0.25, 0.3) is 17.5 Å². The van der Waals surface area contributed by atoms with Gasteiger partial charge in [-0.1, -0.05) is 11.8 Å². The first-order valence-electron chi connectivity index (χ1n) is 9.30. The SMILES string of the molecule is COc1ccc(C(=O)NC(=O)COC(=O)c2cc([N+](=O)[O-])ccc2Sc2nc(C)cs2)cc1. The third-order valence-corrected chi connectivity index (χ3v) is 6.26. The number of rotatable bonds is 8. The van der Waals surface area contributed by atoms with Crippen molar-refractivity contribution in [1.82, 2.24) is 10.3 Å². The highest BCUT2D eigenvalue weighted by molar-refractivity contribution is 8.01. The van der Waals surface area contributed by atoms with E-state index in [9.17, 15) is 24.5 Å². The number of imide groups is 1. The molecule has 0 radical (unpaired) electrons. The van der Waals surface area contributed by atoms with Gasteiger partial charge in [0.05, 0.1) is 17.6 Å². The minimum Gasteiger partial charge on any atom is -0.497 e. The van der Waals surface area contributed by atoms with Crippen LogP contribution in [0.15, 0.2) is 57.1 Å². The van der Waals surface area contributed by atoms with Gasteiger partial charge < -0.3 is 9.47 Å². The second-order valence-corrected chi connectivity index (χ2v) is 8.62. The predicted molar refractivity (Wildman–Crippen MR) is 120 cm³/mol. The maximum absolute atomic E-state index is 12.6. The summed E-state index contributed by atoms with van der Waals surface area (Å²) in [6, 6.07) is 9.82. The molecule has 2 amide bonds. The molecule has 3 rings (SSSR count). The van der Waals surface area contributed by atoms with Crippen molar-refractivity contribution in [3.05, 3.63) is 74.8 Å². The van der Waals surface area contributed by atoms with Crippen molar-refractivity contribution >= 4 is 46.6 Å². The number of aromatic nitrogens is 1. The molecule has 0 bridgehead atoms. The van der Waals surface area contributed by atoms with Crippen LogP contribution in [-0.4, -0.2) is 41.4 Å². The Balaban J connectivity index is 1.67. The number of nitro benzene ring substituents is 1. The van der Waals surface area contributed by atoms with Gasteiger partial charge in [0.15, 0.2) is 10.9 Å². The molecule has 1 aromatic heterocycles. The number of esters is 1. The van der Waals surface area contributed by atoms with E-state index in [1.54, 1.807) is 12.1 Å². The third-order valence-electron chi connectivity index (χ3n) is 4.13. The Bertz CT molecular complexity index is 1210. The summed E-state index contributed by atoms with van der Waals surface area (Å²) in [6.45, 7) is 1.07. The van der Waals surface area contributed by atoms with E-state index in [1.807, 2.05) is 12.3 Å². The molecular formula is C21H17N3O7S2. The smallest absolute Gasteiger partial charge is 0.340 e. The lowest BCUT2D eigenvalue weighted by molar-refractivity contribution is -0.384. The average molecular weight is 488 g/mol. The molecule has 0 aliphatic carbocycles. The zero-order valence-electron chi connectivity index (χ0n) is 17.4. The summed E-state index contributed by atoms with van der Waals surface area (Å²) in [5.41, 5.74) is 0.621. The normalized spacial score (nSPS) is 10.4. The molecule has 0 saturated heterocycles. The second-order valence-electron chi connectivity index (χ2n) is 6.48. The van der Waals surface area contributed by atoms with Crippen LogP contribution in [0.1, 0.15) is 26.4 Å².